The van der Waals surface area contributed by atoms with Crippen LogP contribution in [0.15, 0.2) is 35.2 Å². The van der Waals surface area contributed by atoms with Gasteiger partial charge in [0.25, 0.3) is 0 Å². The zero-order valence-electron chi connectivity index (χ0n) is 11.5. The molecule has 116 valence electrons. The maximum Gasteiger partial charge on any atom is 0.328 e. The van der Waals surface area contributed by atoms with Gasteiger partial charge in [0.1, 0.15) is 12.6 Å². The highest BCUT2D eigenvalue weighted by atomic mass is 32.2. The van der Waals surface area contributed by atoms with Crippen molar-refractivity contribution in [2.75, 3.05) is 19.5 Å². The van der Waals surface area contributed by atoms with E-state index in [9.17, 15) is 18.0 Å². The lowest BCUT2D eigenvalue weighted by molar-refractivity contribution is -0.145. The Labute approximate surface area is 122 Å². The van der Waals surface area contributed by atoms with Gasteiger partial charge in [-0.15, -0.1) is 0 Å². The third-order valence-electron chi connectivity index (χ3n) is 2.74. The fraction of sp³-hybridized carbons (Fsp3) is 0.385. The molecular weight excluding hydrogens is 298 g/mol. The zero-order chi connectivity index (χ0) is 15.9. The lowest BCUT2D eigenvalue weighted by Crippen LogP contribution is -2.43. The number of methoxy groups -OCH3 is 1. The number of amides is 1. The lowest BCUT2D eigenvalue weighted by atomic mass is 10.2. The number of hydrogen-bond acceptors (Lipinski definition) is 6. The summed E-state index contributed by atoms with van der Waals surface area (Å²) >= 11 is 0. The van der Waals surface area contributed by atoms with E-state index >= 15 is 0 Å². The largest absolute Gasteiger partial charge is 0.467 e. The molecule has 0 radical (unpaired) electrons. The fourth-order valence-electron chi connectivity index (χ4n) is 1.65. The van der Waals surface area contributed by atoms with Gasteiger partial charge in [-0.3, -0.25) is 4.79 Å². The second kappa shape index (κ2) is 7.75. The first-order valence-corrected chi connectivity index (χ1v) is 7.82. The van der Waals surface area contributed by atoms with Gasteiger partial charge in [0.15, 0.2) is 9.84 Å². The molecule has 21 heavy (non-hydrogen) atoms. The molecular formula is C13H17NO6S. The molecule has 0 aliphatic carbocycles. The number of aliphatic hydroxyl groups excluding tert-OH is 1. The van der Waals surface area contributed by atoms with Crippen LogP contribution in [0.3, 0.4) is 0 Å². The van der Waals surface area contributed by atoms with Gasteiger partial charge in [-0.25, -0.2) is 13.2 Å². The van der Waals surface area contributed by atoms with Crippen molar-refractivity contribution in [1.29, 1.82) is 0 Å². The van der Waals surface area contributed by atoms with Crippen molar-refractivity contribution in [3.8, 4) is 0 Å². The minimum atomic E-state index is -3.56. The minimum absolute atomic E-state index is 0.141. The summed E-state index contributed by atoms with van der Waals surface area (Å²) in [6.45, 7) is -0.793. The van der Waals surface area contributed by atoms with Crippen LogP contribution < -0.4 is 5.32 Å². The molecule has 0 spiro atoms. The molecule has 0 aliphatic heterocycles. The molecule has 1 aromatic rings. The van der Waals surface area contributed by atoms with Crippen molar-refractivity contribution in [1.82, 2.24) is 5.32 Å². The van der Waals surface area contributed by atoms with Gasteiger partial charge in [-0.2, -0.15) is 0 Å². The van der Waals surface area contributed by atoms with E-state index in [1.165, 1.54) is 12.1 Å². The molecule has 0 unspecified atom stereocenters. The number of esters is 1. The molecule has 2 N–H and O–H groups in total. The van der Waals surface area contributed by atoms with E-state index in [4.69, 9.17) is 5.11 Å². The van der Waals surface area contributed by atoms with Crippen molar-refractivity contribution in [3.63, 3.8) is 0 Å². The highest BCUT2D eigenvalue weighted by Gasteiger charge is 2.24. The maximum atomic E-state index is 12.1. The average Bonchev–Trinajstić information content (AvgIpc) is 2.51. The maximum absolute atomic E-state index is 12.1. The van der Waals surface area contributed by atoms with E-state index in [1.807, 2.05) is 0 Å². The monoisotopic (exact) mass is 315 g/mol. The SMILES string of the molecule is COC(=O)[C@@H](CCS(=O)(=O)c1ccccc1)NC(=O)CO. The van der Waals surface area contributed by atoms with Crippen molar-refractivity contribution >= 4 is 21.7 Å². The average molecular weight is 315 g/mol. The Morgan fingerprint density at radius 3 is 2.43 bits per heavy atom. The number of rotatable bonds is 7. The predicted molar refractivity (Wildman–Crippen MR) is 74.1 cm³/mol. The van der Waals surface area contributed by atoms with Crippen LogP contribution in [0.25, 0.3) is 0 Å². The Morgan fingerprint density at radius 1 is 1.29 bits per heavy atom. The summed E-state index contributed by atoms with van der Waals surface area (Å²) in [4.78, 5) is 22.8. The number of carbonyl (C=O) groups excluding carboxylic acids is 2. The van der Waals surface area contributed by atoms with Crippen LogP contribution in [-0.2, 0) is 24.2 Å². The molecule has 1 amide bonds. The molecule has 0 bridgehead atoms. The Morgan fingerprint density at radius 2 is 1.90 bits per heavy atom. The Balaban J connectivity index is 2.76. The molecule has 0 aliphatic rings. The van der Waals surface area contributed by atoms with Gasteiger partial charge in [0, 0.05) is 0 Å². The molecule has 0 saturated heterocycles. The summed E-state index contributed by atoms with van der Waals surface area (Å²) < 4.78 is 28.7. The van der Waals surface area contributed by atoms with Crippen LogP contribution in [0, 0.1) is 0 Å². The van der Waals surface area contributed by atoms with E-state index in [2.05, 4.69) is 10.1 Å². The van der Waals surface area contributed by atoms with Gasteiger partial charge in [0.05, 0.1) is 17.8 Å². The molecule has 0 heterocycles. The second-order valence-electron chi connectivity index (χ2n) is 4.22. The summed E-state index contributed by atoms with van der Waals surface area (Å²) in [5.74, 6) is -1.87. The third-order valence-corrected chi connectivity index (χ3v) is 4.51. The number of ether oxygens (including phenoxy) is 1. The number of aliphatic hydroxyl groups is 1. The summed E-state index contributed by atoms with van der Waals surface area (Å²) in [6, 6.07) is 6.67. The van der Waals surface area contributed by atoms with Gasteiger partial charge in [-0.05, 0) is 18.6 Å². The quantitative estimate of drug-likeness (QED) is 0.657. The van der Waals surface area contributed by atoms with Crippen LogP contribution in [0.2, 0.25) is 0 Å². The van der Waals surface area contributed by atoms with E-state index in [0.717, 1.165) is 7.11 Å². The first-order chi connectivity index (χ1) is 9.90. The highest BCUT2D eigenvalue weighted by Crippen LogP contribution is 2.12. The standard InChI is InChI=1S/C13H17NO6S/c1-20-13(17)11(14-12(16)9-15)7-8-21(18,19)10-5-3-2-4-6-10/h2-6,11,15H,7-9H2,1H3,(H,14,16)/t11-/m1/s1. The summed E-state index contributed by atoms with van der Waals surface area (Å²) in [5.41, 5.74) is 0. The number of benzene rings is 1. The van der Waals surface area contributed by atoms with Crippen LogP contribution in [0.1, 0.15) is 6.42 Å². The van der Waals surface area contributed by atoms with E-state index < -0.39 is 34.4 Å². The zero-order valence-corrected chi connectivity index (χ0v) is 12.3. The first-order valence-electron chi connectivity index (χ1n) is 6.16. The summed E-state index contributed by atoms with van der Waals surface area (Å²) in [6.07, 6.45) is -0.143. The van der Waals surface area contributed by atoms with Crippen LogP contribution >= 0.6 is 0 Å². The molecule has 0 aromatic heterocycles. The van der Waals surface area contributed by atoms with Crippen LogP contribution in [0.5, 0.6) is 0 Å². The smallest absolute Gasteiger partial charge is 0.328 e. The Kier molecular flexibility index (Phi) is 6.32. The molecule has 1 atom stereocenters. The van der Waals surface area contributed by atoms with Crippen molar-refractivity contribution in [2.45, 2.75) is 17.4 Å². The number of carbonyl (C=O) groups is 2. The van der Waals surface area contributed by atoms with Gasteiger partial charge < -0.3 is 15.2 Å². The number of hydrogen-bond donors (Lipinski definition) is 2. The minimum Gasteiger partial charge on any atom is -0.467 e. The predicted octanol–water partition coefficient (Wildman–Crippen LogP) is -0.499. The van der Waals surface area contributed by atoms with Crippen LogP contribution in [0.4, 0.5) is 0 Å². The topological polar surface area (TPSA) is 110 Å². The van der Waals surface area contributed by atoms with Crippen molar-refractivity contribution in [3.05, 3.63) is 30.3 Å². The molecule has 1 aromatic carbocycles. The summed E-state index contributed by atoms with van der Waals surface area (Å²) in [7, 11) is -2.43. The van der Waals surface area contributed by atoms with Gasteiger partial charge >= 0.3 is 5.97 Å². The van der Waals surface area contributed by atoms with Gasteiger partial charge in [-0.1, -0.05) is 18.2 Å². The van der Waals surface area contributed by atoms with Crippen LogP contribution in [-0.4, -0.2) is 50.9 Å². The molecule has 1 rings (SSSR count). The fourth-order valence-corrected chi connectivity index (χ4v) is 3.00. The van der Waals surface area contributed by atoms with E-state index in [-0.39, 0.29) is 17.1 Å². The van der Waals surface area contributed by atoms with Gasteiger partial charge in [0.2, 0.25) is 5.91 Å². The Bertz CT molecular complexity index is 584. The van der Waals surface area contributed by atoms with E-state index in [0.29, 0.717) is 0 Å². The number of nitrogens with one attached hydrogen (secondary N) is 1. The molecule has 0 saturated carbocycles. The van der Waals surface area contributed by atoms with E-state index in [1.54, 1.807) is 18.2 Å². The molecule has 0 fully saturated rings. The highest BCUT2D eigenvalue weighted by molar-refractivity contribution is 7.91. The third kappa shape index (κ3) is 5.16. The molecule has 8 heteroatoms. The second-order valence-corrected chi connectivity index (χ2v) is 6.33. The number of sulfone groups is 1. The normalized spacial score (nSPS) is 12.5. The van der Waals surface area contributed by atoms with Crippen molar-refractivity contribution < 1.29 is 27.9 Å². The Hall–Kier alpha value is -1.93. The summed E-state index contributed by atoms with van der Waals surface area (Å²) in [5, 5.41) is 10.9. The first kappa shape index (κ1) is 17.1. The van der Waals surface area contributed by atoms with Crippen molar-refractivity contribution in [2.24, 2.45) is 0 Å². The molecule has 7 nitrogen and oxygen atoms in total. The lowest BCUT2D eigenvalue weighted by Gasteiger charge is -2.15.